The number of carbonyl (C=O) groups excluding carboxylic acids is 2. The third-order valence-corrected chi connectivity index (χ3v) is 3.87. The molecule has 2 fully saturated rings. The molecule has 0 aromatic carbocycles. The minimum absolute atomic E-state index is 0. The van der Waals surface area contributed by atoms with Crippen LogP contribution in [0.1, 0.15) is 19.3 Å². The molecule has 0 aliphatic carbocycles. The van der Waals surface area contributed by atoms with Crippen molar-refractivity contribution in [2.24, 2.45) is 0 Å². The summed E-state index contributed by atoms with van der Waals surface area (Å²) in [6, 6.07) is 0.000840. The summed E-state index contributed by atoms with van der Waals surface area (Å²) in [5.41, 5.74) is 0. The van der Waals surface area contributed by atoms with Crippen LogP contribution in [0.25, 0.3) is 0 Å². The number of nitrogens with zero attached hydrogens (tertiary/aromatic N) is 2. The van der Waals surface area contributed by atoms with Crippen LogP contribution in [0, 0.1) is 0 Å². The number of piperazine rings is 1. The van der Waals surface area contributed by atoms with Gasteiger partial charge in [0.05, 0.1) is 19.7 Å². The summed E-state index contributed by atoms with van der Waals surface area (Å²) in [6.45, 7) is 4.15. The number of hydrogen-bond donors (Lipinski definition) is 1. The van der Waals surface area contributed by atoms with Gasteiger partial charge in [-0.2, -0.15) is 0 Å². The van der Waals surface area contributed by atoms with E-state index in [9.17, 15) is 9.59 Å². The fourth-order valence-corrected chi connectivity index (χ4v) is 2.66. The van der Waals surface area contributed by atoms with Gasteiger partial charge in [0.15, 0.2) is 0 Å². The molecule has 1 N–H and O–H groups in total. The summed E-state index contributed by atoms with van der Waals surface area (Å²) in [6.07, 6.45) is 3.24. The van der Waals surface area contributed by atoms with Crippen LogP contribution in [0.5, 0.6) is 0 Å². The second kappa shape index (κ2) is 8.44. The number of methoxy groups -OCH3 is 1. The third-order valence-electron chi connectivity index (χ3n) is 3.87. The molecule has 6 nitrogen and oxygen atoms in total. The van der Waals surface area contributed by atoms with Gasteiger partial charge in [0.25, 0.3) is 0 Å². The Morgan fingerprint density at radius 1 is 1.20 bits per heavy atom. The summed E-state index contributed by atoms with van der Waals surface area (Å²) >= 11 is 0. The molecule has 0 spiro atoms. The number of ether oxygens (including phenoxy) is 1. The standard InChI is InChI=1S/C13H23N3O3.ClH/c1-19-12(17)10-15-6-8-16(9-7-15)13(18)11-4-2-3-5-14-11;/h11,14H,2-10H2,1H3;1H. The molecule has 0 bridgehead atoms. The highest BCUT2D eigenvalue weighted by atomic mass is 35.5. The van der Waals surface area contributed by atoms with Gasteiger partial charge in [-0.25, -0.2) is 0 Å². The van der Waals surface area contributed by atoms with Crippen molar-refractivity contribution < 1.29 is 14.3 Å². The first kappa shape index (κ1) is 17.2. The zero-order chi connectivity index (χ0) is 13.7. The van der Waals surface area contributed by atoms with Crippen LogP contribution < -0.4 is 5.32 Å². The summed E-state index contributed by atoms with van der Waals surface area (Å²) in [5, 5.41) is 3.29. The molecule has 20 heavy (non-hydrogen) atoms. The van der Waals surface area contributed by atoms with Crippen molar-refractivity contribution in [2.75, 3.05) is 46.4 Å². The molecule has 0 aromatic rings. The fraction of sp³-hybridized carbons (Fsp3) is 0.846. The molecule has 116 valence electrons. The number of nitrogens with one attached hydrogen (secondary N) is 1. The van der Waals surface area contributed by atoms with Gasteiger partial charge < -0.3 is 15.0 Å². The van der Waals surface area contributed by atoms with Crippen molar-refractivity contribution in [2.45, 2.75) is 25.3 Å². The van der Waals surface area contributed by atoms with Gasteiger partial charge in [0.1, 0.15) is 0 Å². The van der Waals surface area contributed by atoms with Crippen molar-refractivity contribution in [1.82, 2.24) is 15.1 Å². The van der Waals surface area contributed by atoms with E-state index < -0.39 is 0 Å². The number of amides is 1. The molecule has 1 atom stereocenters. The van der Waals surface area contributed by atoms with E-state index in [0.29, 0.717) is 19.6 Å². The smallest absolute Gasteiger partial charge is 0.319 e. The van der Waals surface area contributed by atoms with E-state index >= 15 is 0 Å². The Hall–Kier alpha value is -0.850. The average Bonchev–Trinajstić information content (AvgIpc) is 2.48. The number of carbonyl (C=O) groups is 2. The second-order valence-corrected chi connectivity index (χ2v) is 5.18. The topological polar surface area (TPSA) is 61.9 Å². The fourth-order valence-electron chi connectivity index (χ4n) is 2.66. The monoisotopic (exact) mass is 305 g/mol. The molecular weight excluding hydrogens is 282 g/mol. The molecule has 0 aromatic heterocycles. The molecule has 0 radical (unpaired) electrons. The lowest BCUT2D eigenvalue weighted by Gasteiger charge is -2.36. The number of rotatable bonds is 3. The van der Waals surface area contributed by atoms with E-state index in [4.69, 9.17) is 0 Å². The number of piperidine rings is 1. The van der Waals surface area contributed by atoms with E-state index in [2.05, 4.69) is 10.1 Å². The highest BCUT2D eigenvalue weighted by Gasteiger charge is 2.28. The molecule has 0 saturated carbocycles. The first-order chi connectivity index (χ1) is 9.20. The van der Waals surface area contributed by atoms with Gasteiger partial charge in [0, 0.05) is 26.2 Å². The predicted molar refractivity (Wildman–Crippen MR) is 77.9 cm³/mol. The maximum absolute atomic E-state index is 12.3. The van der Waals surface area contributed by atoms with Crippen molar-refractivity contribution in [3.63, 3.8) is 0 Å². The minimum Gasteiger partial charge on any atom is -0.468 e. The second-order valence-electron chi connectivity index (χ2n) is 5.18. The molecule has 7 heteroatoms. The van der Waals surface area contributed by atoms with Crippen LogP contribution in [0.3, 0.4) is 0 Å². The maximum atomic E-state index is 12.3. The van der Waals surface area contributed by atoms with E-state index in [-0.39, 0.29) is 30.3 Å². The lowest BCUT2D eigenvalue weighted by molar-refractivity contribution is -0.143. The van der Waals surface area contributed by atoms with Crippen LogP contribution in [0.2, 0.25) is 0 Å². The SMILES string of the molecule is COC(=O)CN1CCN(C(=O)C2CCCCN2)CC1.Cl. The van der Waals surface area contributed by atoms with Crippen LogP contribution in [0.4, 0.5) is 0 Å². The lowest BCUT2D eigenvalue weighted by Crippen LogP contribution is -2.55. The highest BCUT2D eigenvalue weighted by Crippen LogP contribution is 2.11. The van der Waals surface area contributed by atoms with Crippen LogP contribution in [0.15, 0.2) is 0 Å². The predicted octanol–water partition coefficient (Wildman–Crippen LogP) is -0.132. The van der Waals surface area contributed by atoms with Gasteiger partial charge >= 0.3 is 5.97 Å². The van der Waals surface area contributed by atoms with Crippen molar-refractivity contribution in [1.29, 1.82) is 0 Å². The molecule has 2 heterocycles. The normalized spacial score (nSPS) is 23.9. The van der Waals surface area contributed by atoms with Crippen LogP contribution >= 0.6 is 12.4 Å². The zero-order valence-corrected chi connectivity index (χ0v) is 12.8. The first-order valence-corrected chi connectivity index (χ1v) is 7.02. The van der Waals surface area contributed by atoms with E-state index in [1.54, 1.807) is 0 Å². The van der Waals surface area contributed by atoms with Crippen LogP contribution in [-0.2, 0) is 14.3 Å². The Bertz CT molecular complexity index is 327. The van der Waals surface area contributed by atoms with Gasteiger partial charge in [0.2, 0.25) is 5.91 Å². The molecule has 1 amide bonds. The Labute approximate surface area is 126 Å². The van der Waals surface area contributed by atoms with Crippen LogP contribution in [-0.4, -0.2) is 74.1 Å². The molecule has 2 aliphatic heterocycles. The quantitative estimate of drug-likeness (QED) is 0.736. The zero-order valence-electron chi connectivity index (χ0n) is 12.0. The minimum atomic E-state index is -0.214. The molecular formula is C13H24ClN3O3. The van der Waals surface area contributed by atoms with Gasteiger partial charge in [-0.15, -0.1) is 12.4 Å². The Morgan fingerprint density at radius 2 is 1.90 bits per heavy atom. The Kier molecular flexibility index (Phi) is 7.26. The molecule has 2 aliphatic rings. The van der Waals surface area contributed by atoms with E-state index in [0.717, 1.165) is 38.9 Å². The number of esters is 1. The van der Waals surface area contributed by atoms with Gasteiger partial charge in [-0.1, -0.05) is 6.42 Å². The molecule has 2 saturated heterocycles. The lowest BCUT2D eigenvalue weighted by atomic mass is 10.0. The molecule has 1 unspecified atom stereocenters. The third kappa shape index (κ3) is 4.61. The Morgan fingerprint density at radius 3 is 2.45 bits per heavy atom. The first-order valence-electron chi connectivity index (χ1n) is 7.02. The summed E-state index contributed by atoms with van der Waals surface area (Å²) in [7, 11) is 1.40. The largest absolute Gasteiger partial charge is 0.468 e. The van der Waals surface area contributed by atoms with E-state index in [1.165, 1.54) is 7.11 Å². The summed E-state index contributed by atoms with van der Waals surface area (Å²) < 4.78 is 4.65. The van der Waals surface area contributed by atoms with Crippen molar-refractivity contribution in [3.05, 3.63) is 0 Å². The maximum Gasteiger partial charge on any atom is 0.319 e. The highest BCUT2D eigenvalue weighted by molar-refractivity contribution is 5.85. The van der Waals surface area contributed by atoms with Gasteiger partial charge in [-0.05, 0) is 19.4 Å². The number of hydrogen-bond acceptors (Lipinski definition) is 5. The van der Waals surface area contributed by atoms with E-state index in [1.807, 2.05) is 9.80 Å². The van der Waals surface area contributed by atoms with Crippen molar-refractivity contribution >= 4 is 24.3 Å². The van der Waals surface area contributed by atoms with Gasteiger partial charge in [-0.3, -0.25) is 14.5 Å². The Balaban J connectivity index is 0.00000200. The summed E-state index contributed by atoms with van der Waals surface area (Å²) in [5.74, 6) is 0.00569. The number of halogens is 1. The average molecular weight is 306 g/mol. The van der Waals surface area contributed by atoms with Crippen molar-refractivity contribution in [3.8, 4) is 0 Å². The summed E-state index contributed by atoms with van der Waals surface area (Å²) in [4.78, 5) is 27.4. The molecule has 2 rings (SSSR count).